The molecule has 2 aromatic rings. The quantitative estimate of drug-likeness (QED) is 0.618. The summed E-state index contributed by atoms with van der Waals surface area (Å²) >= 11 is 2.96. The van der Waals surface area contributed by atoms with Crippen molar-refractivity contribution in [2.75, 3.05) is 0 Å². The van der Waals surface area contributed by atoms with E-state index >= 15 is 0 Å². The van der Waals surface area contributed by atoms with Crippen LogP contribution >= 0.6 is 15.9 Å². The summed E-state index contributed by atoms with van der Waals surface area (Å²) in [6.45, 7) is 0. The molecule has 4 nitrogen and oxygen atoms in total. The van der Waals surface area contributed by atoms with Gasteiger partial charge in [0.2, 0.25) is 11.6 Å². The molecule has 0 spiro atoms. The third-order valence-corrected chi connectivity index (χ3v) is 2.86. The van der Waals surface area contributed by atoms with Gasteiger partial charge in [0.1, 0.15) is 11.6 Å². The van der Waals surface area contributed by atoms with Gasteiger partial charge in [-0.1, -0.05) is 6.07 Å². The predicted octanol–water partition coefficient (Wildman–Crippen LogP) is 4.43. The number of ether oxygens (including phenoxy) is 1. The highest BCUT2D eigenvalue weighted by Gasteiger charge is 2.21. The molecule has 0 unspecified atom stereocenters. The molecule has 0 aliphatic rings. The van der Waals surface area contributed by atoms with Gasteiger partial charge in [0, 0.05) is 0 Å². The van der Waals surface area contributed by atoms with Crippen molar-refractivity contribution in [3.63, 3.8) is 0 Å². The lowest BCUT2D eigenvalue weighted by Gasteiger charge is -2.07. The normalized spacial score (nSPS) is 10.3. The topological polar surface area (TPSA) is 52.4 Å². The Morgan fingerprint density at radius 2 is 1.89 bits per heavy atom. The summed E-state index contributed by atoms with van der Waals surface area (Å²) in [6.07, 6.45) is 0. The van der Waals surface area contributed by atoms with Crippen molar-refractivity contribution in [2.24, 2.45) is 0 Å². The van der Waals surface area contributed by atoms with Crippen molar-refractivity contribution in [2.45, 2.75) is 0 Å². The number of rotatable bonds is 3. The molecule has 98 valence electrons. The molecule has 2 rings (SSSR count). The van der Waals surface area contributed by atoms with E-state index in [0.29, 0.717) is 0 Å². The Bertz CT molecular complexity index is 649. The lowest BCUT2D eigenvalue weighted by Crippen LogP contribution is -1.96. The molecule has 7 heteroatoms. The summed E-state index contributed by atoms with van der Waals surface area (Å²) in [5.74, 6) is -1.59. The second-order valence-corrected chi connectivity index (χ2v) is 4.38. The molecule has 0 atom stereocenters. The molecule has 0 N–H and O–H groups in total. The van der Waals surface area contributed by atoms with Crippen molar-refractivity contribution in [1.29, 1.82) is 0 Å². The zero-order valence-corrected chi connectivity index (χ0v) is 10.9. The summed E-state index contributed by atoms with van der Waals surface area (Å²) in [5, 5.41) is 10.8. The second-order valence-electron chi connectivity index (χ2n) is 3.52. The molecular formula is C12H6BrF2NO3. The number of benzene rings is 2. The number of para-hydroxylation sites is 1. The van der Waals surface area contributed by atoms with E-state index in [2.05, 4.69) is 15.9 Å². The first kappa shape index (κ1) is 13.4. The molecule has 0 aliphatic heterocycles. The fraction of sp³-hybridized carbons (Fsp3) is 0. The Morgan fingerprint density at radius 1 is 1.16 bits per heavy atom. The minimum absolute atomic E-state index is 0.143. The predicted molar refractivity (Wildman–Crippen MR) is 67.2 cm³/mol. The maximum absolute atomic E-state index is 13.4. The Kier molecular flexibility index (Phi) is 3.75. The Labute approximate surface area is 114 Å². The van der Waals surface area contributed by atoms with Crippen LogP contribution in [-0.2, 0) is 0 Å². The zero-order chi connectivity index (χ0) is 14.0. The first-order valence-electron chi connectivity index (χ1n) is 5.05. The number of hydrogen-bond acceptors (Lipinski definition) is 3. The summed E-state index contributed by atoms with van der Waals surface area (Å²) in [7, 11) is 0. The van der Waals surface area contributed by atoms with E-state index in [-0.39, 0.29) is 16.0 Å². The number of hydrogen-bond donors (Lipinski definition) is 0. The van der Waals surface area contributed by atoms with Gasteiger partial charge in [0.25, 0.3) is 0 Å². The van der Waals surface area contributed by atoms with Crippen LogP contribution in [0.1, 0.15) is 0 Å². The van der Waals surface area contributed by atoms with Gasteiger partial charge < -0.3 is 4.74 Å². The fourth-order valence-corrected chi connectivity index (χ4v) is 1.78. The lowest BCUT2D eigenvalue weighted by molar-refractivity contribution is -0.388. The van der Waals surface area contributed by atoms with Crippen LogP contribution in [0.5, 0.6) is 11.5 Å². The van der Waals surface area contributed by atoms with E-state index in [0.717, 1.165) is 12.1 Å². The standard InChI is InChI=1S/C12H6BrF2NO3/c13-8-6-7(4-5-9(8)14)19-11-3-1-2-10(15)12(11)16(17)18/h1-6H. The highest BCUT2D eigenvalue weighted by Crippen LogP contribution is 2.34. The number of halogens is 3. The van der Waals surface area contributed by atoms with Crippen LogP contribution in [0, 0.1) is 21.7 Å². The van der Waals surface area contributed by atoms with Gasteiger partial charge in [-0.2, -0.15) is 4.39 Å². The van der Waals surface area contributed by atoms with Crippen LogP contribution < -0.4 is 4.74 Å². The van der Waals surface area contributed by atoms with Crippen LogP contribution in [0.4, 0.5) is 14.5 Å². The molecule has 0 amide bonds. The largest absolute Gasteiger partial charge is 0.450 e. The monoisotopic (exact) mass is 329 g/mol. The van der Waals surface area contributed by atoms with E-state index in [1.807, 2.05) is 0 Å². The first-order chi connectivity index (χ1) is 8.99. The molecule has 0 heterocycles. The Morgan fingerprint density at radius 3 is 2.53 bits per heavy atom. The van der Waals surface area contributed by atoms with E-state index in [4.69, 9.17) is 4.74 Å². The van der Waals surface area contributed by atoms with Gasteiger partial charge in [-0.05, 0) is 46.3 Å². The second kappa shape index (κ2) is 5.31. The van der Waals surface area contributed by atoms with Crippen molar-refractivity contribution in [1.82, 2.24) is 0 Å². The van der Waals surface area contributed by atoms with Gasteiger partial charge in [0.15, 0.2) is 0 Å². The summed E-state index contributed by atoms with van der Waals surface area (Å²) in [6, 6.07) is 7.23. The maximum Gasteiger partial charge on any atom is 0.346 e. The van der Waals surface area contributed by atoms with Gasteiger partial charge in [0.05, 0.1) is 9.40 Å². The molecular weight excluding hydrogens is 324 g/mol. The van der Waals surface area contributed by atoms with E-state index in [1.54, 1.807) is 0 Å². The lowest BCUT2D eigenvalue weighted by atomic mass is 10.3. The maximum atomic E-state index is 13.4. The molecule has 0 radical (unpaired) electrons. The molecule has 0 saturated heterocycles. The third-order valence-electron chi connectivity index (χ3n) is 2.25. The van der Waals surface area contributed by atoms with E-state index < -0.39 is 22.2 Å². The summed E-state index contributed by atoms with van der Waals surface area (Å²) in [5.41, 5.74) is -0.761. The minimum Gasteiger partial charge on any atom is -0.450 e. The van der Waals surface area contributed by atoms with Crippen molar-refractivity contribution >= 4 is 21.6 Å². The molecule has 0 fully saturated rings. The van der Waals surface area contributed by atoms with E-state index in [9.17, 15) is 18.9 Å². The van der Waals surface area contributed by atoms with Crippen LogP contribution in [0.25, 0.3) is 0 Å². The molecule has 0 saturated carbocycles. The van der Waals surface area contributed by atoms with E-state index in [1.165, 1.54) is 24.3 Å². The van der Waals surface area contributed by atoms with Gasteiger partial charge in [-0.25, -0.2) is 4.39 Å². The average Bonchev–Trinajstić information content (AvgIpc) is 2.33. The van der Waals surface area contributed by atoms with Crippen molar-refractivity contribution < 1.29 is 18.4 Å². The Hall–Kier alpha value is -2.02. The van der Waals surface area contributed by atoms with Crippen LogP contribution in [-0.4, -0.2) is 4.92 Å². The highest BCUT2D eigenvalue weighted by atomic mass is 79.9. The highest BCUT2D eigenvalue weighted by molar-refractivity contribution is 9.10. The van der Waals surface area contributed by atoms with Crippen molar-refractivity contribution in [3.8, 4) is 11.5 Å². The van der Waals surface area contributed by atoms with Gasteiger partial charge in [-0.15, -0.1) is 0 Å². The Balaban J connectivity index is 2.40. The van der Waals surface area contributed by atoms with Crippen LogP contribution in [0.3, 0.4) is 0 Å². The van der Waals surface area contributed by atoms with Crippen LogP contribution in [0.15, 0.2) is 40.9 Å². The summed E-state index contributed by atoms with van der Waals surface area (Å²) in [4.78, 5) is 9.90. The average molecular weight is 330 g/mol. The molecule has 2 aromatic carbocycles. The smallest absolute Gasteiger partial charge is 0.346 e. The molecule has 0 aromatic heterocycles. The number of nitro benzene ring substituents is 1. The van der Waals surface area contributed by atoms with Gasteiger partial charge >= 0.3 is 5.69 Å². The van der Waals surface area contributed by atoms with Gasteiger partial charge in [-0.3, -0.25) is 10.1 Å². The fourth-order valence-electron chi connectivity index (χ4n) is 1.42. The van der Waals surface area contributed by atoms with Crippen molar-refractivity contribution in [3.05, 3.63) is 62.6 Å². The molecule has 0 aliphatic carbocycles. The van der Waals surface area contributed by atoms with Crippen LogP contribution in [0.2, 0.25) is 0 Å². The molecule has 0 bridgehead atoms. The third kappa shape index (κ3) is 2.87. The SMILES string of the molecule is O=[N+]([O-])c1c(F)cccc1Oc1ccc(F)c(Br)c1. The molecule has 19 heavy (non-hydrogen) atoms. The number of nitrogens with zero attached hydrogens (tertiary/aromatic N) is 1. The number of nitro groups is 1. The first-order valence-corrected chi connectivity index (χ1v) is 5.84. The zero-order valence-electron chi connectivity index (χ0n) is 9.27. The minimum atomic E-state index is -0.997. The summed E-state index contributed by atoms with van der Waals surface area (Å²) < 4.78 is 31.7.